The minimum Gasteiger partial charge on any atom is -0.478 e. The molecule has 0 spiro atoms. The summed E-state index contributed by atoms with van der Waals surface area (Å²) >= 11 is 0. The van der Waals surface area contributed by atoms with Gasteiger partial charge in [0.05, 0.1) is 5.56 Å². The van der Waals surface area contributed by atoms with Crippen LogP contribution in [0.5, 0.6) is 0 Å². The highest BCUT2D eigenvalue weighted by Gasteiger charge is 2.26. The molecule has 0 fully saturated rings. The lowest BCUT2D eigenvalue weighted by Crippen LogP contribution is -2.15. The zero-order valence-corrected chi connectivity index (χ0v) is 19.1. The molecule has 0 aliphatic rings. The lowest BCUT2D eigenvalue weighted by atomic mass is 9.79. The van der Waals surface area contributed by atoms with Gasteiger partial charge < -0.3 is 20.6 Å². The third kappa shape index (κ3) is 4.36. The molecule has 0 bridgehead atoms. The number of aromatic carboxylic acids is 1. The summed E-state index contributed by atoms with van der Waals surface area (Å²) in [5, 5.41) is 10.0. The van der Waals surface area contributed by atoms with E-state index in [2.05, 4.69) is 48.5 Å². The van der Waals surface area contributed by atoms with Crippen molar-refractivity contribution in [3.05, 3.63) is 88.0 Å². The number of rotatable bonds is 6. The molecule has 0 amide bonds. The predicted molar refractivity (Wildman–Crippen MR) is 130 cm³/mol. The number of hydrogen-bond acceptors (Lipinski definition) is 4. The topological polar surface area (TPSA) is 69.8 Å². The SMILES string of the molecule is Cc1c(N)cc(C(=O)O)c(C(c2ccc(N(C)C)cc2)c2ccc(N(C)C)cc2)c1C. The van der Waals surface area contributed by atoms with Gasteiger partial charge in [-0.2, -0.15) is 0 Å². The molecular weight excluding hydrogens is 386 g/mol. The predicted octanol–water partition coefficient (Wildman–Crippen LogP) is 4.90. The maximum absolute atomic E-state index is 12.2. The molecule has 0 heterocycles. The van der Waals surface area contributed by atoms with Crippen LogP contribution >= 0.6 is 0 Å². The van der Waals surface area contributed by atoms with Crippen molar-refractivity contribution >= 4 is 23.0 Å². The third-order valence-electron chi connectivity index (χ3n) is 5.99. The molecule has 0 aliphatic heterocycles. The van der Waals surface area contributed by atoms with Crippen LogP contribution in [0.25, 0.3) is 0 Å². The maximum Gasteiger partial charge on any atom is 0.336 e. The molecule has 162 valence electrons. The standard InChI is InChI=1S/C26H31N3O2/c1-16-17(2)24(22(26(30)31)15-23(16)27)25(18-7-11-20(12-8-18)28(3)4)19-9-13-21(14-10-19)29(5)6/h7-15,25H,27H2,1-6H3,(H,30,31). The minimum absolute atomic E-state index is 0.224. The second-order valence-corrected chi connectivity index (χ2v) is 8.39. The smallest absolute Gasteiger partial charge is 0.336 e. The van der Waals surface area contributed by atoms with E-state index in [0.717, 1.165) is 39.2 Å². The van der Waals surface area contributed by atoms with Crippen molar-refractivity contribution in [2.45, 2.75) is 19.8 Å². The van der Waals surface area contributed by atoms with Gasteiger partial charge in [0.15, 0.2) is 0 Å². The Labute approximate surface area is 184 Å². The number of carboxylic acids is 1. The largest absolute Gasteiger partial charge is 0.478 e. The van der Waals surface area contributed by atoms with Crippen molar-refractivity contribution < 1.29 is 9.90 Å². The fourth-order valence-corrected chi connectivity index (χ4v) is 3.97. The zero-order valence-electron chi connectivity index (χ0n) is 19.1. The molecule has 5 heteroatoms. The van der Waals surface area contributed by atoms with Crippen LogP contribution in [0.15, 0.2) is 54.6 Å². The average Bonchev–Trinajstić information content (AvgIpc) is 2.74. The molecule has 3 N–H and O–H groups in total. The molecule has 3 aromatic carbocycles. The summed E-state index contributed by atoms with van der Waals surface area (Å²) in [5.41, 5.74) is 13.8. The van der Waals surface area contributed by atoms with Gasteiger partial charge >= 0.3 is 5.97 Å². The number of carbonyl (C=O) groups is 1. The molecule has 0 saturated carbocycles. The molecule has 0 atom stereocenters. The molecule has 31 heavy (non-hydrogen) atoms. The highest BCUT2D eigenvalue weighted by molar-refractivity contribution is 5.92. The number of carboxylic acid groups (broad SMARTS) is 1. The van der Waals surface area contributed by atoms with Gasteiger partial charge in [-0.15, -0.1) is 0 Å². The molecular formula is C26H31N3O2. The van der Waals surface area contributed by atoms with Crippen molar-refractivity contribution in [3.63, 3.8) is 0 Å². The third-order valence-corrected chi connectivity index (χ3v) is 5.99. The van der Waals surface area contributed by atoms with Crippen molar-refractivity contribution in [1.82, 2.24) is 0 Å². The molecule has 0 aromatic heterocycles. The van der Waals surface area contributed by atoms with Crippen LogP contribution < -0.4 is 15.5 Å². The number of benzene rings is 3. The van der Waals surface area contributed by atoms with E-state index in [1.54, 1.807) is 6.07 Å². The van der Waals surface area contributed by atoms with Gasteiger partial charge in [0.2, 0.25) is 0 Å². The lowest BCUT2D eigenvalue weighted by Gasteiger charge is -2.26. The normalized spacial score (nSPS) is 10.9. The first kappa shape index (κ1) is 22.2. The van der Waals surface area contributed by atoms with E-state index in [1.165, 1.54) is 0 Å². The van der Waals surface area contributed by atoms with Crippen molar-refractivity contribution in [2.24, 2.45) is 0 Å². The Bertz CT molecular complexity index is 1030. The Morgan fingerprint density at radius 1 is 0.806 bits per heavy atom. The second-order valence-electron chi connectivity index (χ2n) is 8.39. The number of nitrogen functional groups attached to an aromatic ring is 1. The molecule has 3 rings (SSSR count). The first-order valence-corrected chi connectivity index (χ1v) is 10.3. The molecule has 5 nitrogen and oxygen atoms in total. The number of anilines is 3. The first-order chi connectivity index (χ1) is 14.6. The van der Waals surface area contributed by atoms with Crippen LogP contribution in [-0.2, 0) is 0 Å². The Kier molecular flexibility index (Phi) is 6.25. The van der Waals surface area contributed by atoms with Gasteiger partial charge in [-0.1, -0.05) is 24.3 Å². The number of nitrogens with zero attached hydrogens (tertiary/aromatic N) is 2. The Morgan fingerprint density at radius 3 is 1.58 bits per heavy atom. The summed E-state index contributed by atoms with van der Waals surface area (Å²) in [6.45, 7) is 3.91. The molecule has 0 unspecified atom stereocenters. The van der Waals surface area contributed by atoms with E-state index in [0.29, 0.717) is 5.69 Å². The van der Waals surface area contributed by atoms with E-state index >= 15 is 0 Å². The van der Waals surface area contributed by atoms with Crippen LogP contribution in [-0.4, -0.2) is 39.3 Å². The van der Waals surface area contributed by atoms with Gasteiger partial charge in [-0.25, -0.2) is 4.79 Å². The summed E-state index contributed by atoms with van der Waals surface area (Å²) in [7, 11) is 8.01. The van der Waals surface area contributed by atoms with E-state index in [-0.39, 0.29) is 11.5 Å². The fraction of sp³-hybridized carbons (Fsp3) is 0.269. The monoisotopic (exact) mass is 417 g/mol. The van der Waals surface area contributed by atoms with Gasteiger partial charge in [0, 0.05) is 51.2 Å². The van der Waals surface area contributed by atoms with Gasteiger partial charge in [0.1, 0.15) is 0 Å². The lowest BCUT2D eigenvalue weighted by molar-refractivity contribution is 0.0695. The van der Waals surface area contributed by atoms with Crippen molar-refractivity contribution in [2.75, 3.05) is 43.7 Å². The van der Waals surface area contributed by atoms with E-state index < -0.39 is 5.97 Å². The quantitative estimate of drug-likeness (QED) is 0.441. The molecule has 0 saturated heterocycles. The van der Waals surface area contributed by atoms with Crippen LogP contribution in [0, 0.1) is 13.8 Å². The molecule has 0 aliphatic carbocycles. The summed E-state index contributed by atoms with van der Waals surface area (Å²) in [4.78, 5) is 16.3. The second kappa shape index (κ2) is 8.72. The van der Waals surface area contributed by atoms with E-state index in [4.69, 9.17) is 5.73 Å². The van der Waals surface area contributed by atoms with Gasteiger partial charge in [0.25, 0.3) is 0 Å². The molecule has 3 aromatic rings. The minimum atomic E-state index is -0.968. The van der Waals surface area contributed by atoms with Crippen LogP contribution in [0.3, 0.4) is 0 Å². The number of nitrogens with two attached hydrogens (primary N) is 1. The van der Waals surface area contributed by atoms with E-state index in [1.807, 2.05) is 51.8 Å². The van der Waals surface area contributed by atoms with Gasteiger partial charge in [-0.05, 0) is 72.0 Å². The van der Waals surface area contributed by atoms with Crippen LogP contribution in [0.4, 0.5) is 17.1 Å². The highest BCUT2D eigenvalue weighted by atomic mass is 16.4. The fourth-order valence-electron chi connectivity index (χ4n) is 3.97. The highest BCUT2D eigenvalue weighted by Crippen LogP contribution is 2.39. The van der Waals surface area contributed by atoms with Gasteiger partial charge in [-0.3, -0.25) is 0 Å². The molecule has 0 radical (unpaired) electrons. The van der Waals surface area contributed by atoms with Crippen molar-refractivity contribution in [3.8, 4) is 0 Å². The first-order valence-electron chi connectivity index (χ1n) is 10.3. The Morgan fingerprint density at radius 2 is 1.23 bits per heavy atom. The summed E-state index contributed by atoms with van der Waals surface area (Å²) in [5.74, 6) is -1.19. The number of hydrogen-bond donors (Lipinski definition) is 2. The Balaban J connectivity index is 2.29. The van der Waals surface area contributed by atoms with Crippen molar-refractivity contribution in [1.29, 1.82) is 0 Å². The van der Waals surface area contributed by atoms with Crippen LogP contribution in [0.1, 0.15) is 44.1 Å². The summed E-state index contributed by atoms with van der Waals surface area (Å²) < 4.78 is 0. The van der Waals surface area contributed by atoms with E-state index in [9.17, 15) is 9.90 Å². The Hall–Kier alpha value is -3.47. The summed E-state index contributed by atoms with van der Waals surface area (Å²) in [6.07, 6.45) is 0. The van der Waals surface area contributed by atoms with Crippen LogP contribution in [0.2, 0.25) is 0 Å². The average molecular weight is 418 g/mol. The summed E-state index contributed by atoms with van der Waals surface area (Å²) in [6, 6.07) is 18.2. The maximum atomic E-state index is 12.2. The zero-order chi connectivity index (χ0) is 22.9.